The van der Waals surface area contributed by atoms with E-state index in [1.807, 2.05) is 69.3 Å². The van der Waals surface area contributed by atoms with Gasteiger partial charge in [-0.3, -0.25) is 4.79 Å². The fraction of sp³-hybridized carbons (Fsp3) is 0.360. The van der Waals surface area contributed by atoms with Crippen LogP contribution in [0.15, 0.2) is 54.2 Å². The molecule has 2 heterocycles. The molecule has 1 N–H and O–H groups in total. The van der Waals surface area contributed by atoms with Crippen molar-refractivity contribution in [1.29, 1.82) is 0 Å². The SMILES string of the molecule is CC.CCc1ccc(-c2ccccc2)cc1C1=C(C(=O)[O-])N2C(=O)C(C(C)O)C2C1.[K+]. The molecule has 3 atom stereocenters. The molecule has 1 fully saturated rings. The van der Waals surface area contributed by atoms with Crippen LogP contribution in [0.1, 0.15) is 45.2 Å². The maximum absolute atomic E-state index is 12.5. The zero-order valence-corrected chi connectivity index (χ0v) is 22.0. The Morgan fingerprint density at radius 3 is 2.35 bits per heavy atom. The van der Waals surface area contributed by atoms with Crippen LogP contribution in [0, 0.1) is 5.92 Å². The van der Waals surface area contributed by atoms with Crippen molar-refractivity contribution in [1.82, 2.24) is 4.90 Å². The zero-order chi connectivity index (χ0) is 22.0. The first-order valence-corrected chi connectivity index (χ1v) is 10.6. The normalized spacial score (nSPS) is 20.2. The molecule has 1 amide bonds. The summed E-state index contributed by atoms with van der Waals surface area (Å²) in [6.07, 6.45) is 0.347. The Balaban J connectivity index is 0.00000111. The van der Waals surface area contributed by atoms with Gasteiger partial charge in [0.2, 0.25) is 5.91 Å². The summed E-state index contributed by atoms with van der Waals surface area (Å²) >= 11 is 0. The third-order valence-corrected chi connectivity index (χ3v) is 5.84. The van der Waals surface area contributed by atoms with Crippen LogP contribution in [0.3, 0.4) is 0 Å². The van der Waals surface area contributed by atoms with Gasteiger partial charge in [0, 0.05) is 0 Å². The molecular weight excluding hydrogens is 417 g/mol. The van der Waals surface area contributed by atoms with Gasteiger partial charge < -0.3 is 19.9 Å². The molecule has 158 valence electrons. The average molecular weight is 446 g/mol. The van der Waals surface area contributed by atoms with Gasteiger partial charge in [0.25, 0.3) is 0 Å². The van der Waals surface area contributed by atoms with Gasteiger partial charge >= 0.3 is 51.4 Å². The fourth-order valence-corrected chi connectivity index (χ4v) is 4.48. The van der Waals surface area contributed by atoms with E-state index in [9.17, 15) is 19.8 Å². The number of hydrogen-bond donors (Lipinski definition) is 1. The third-order valence-electron chi connectivity index (χ3n) is 5.84. The molecular formula is C25H28KNO4. The van der Waals surface area contributed by atoms with Gasteiger partial charge in [-0.05, 0) is 53.7 Å². The monoisotopic (exact) mass is 445 g/mol. The number of carboxylic acids is 1. The Kier molecular flexibility index (Phi) is 9.24. The molecule has 2 aromatic rings. The summed E-state index contributed by atoms with van der Waals surface area (Å²) in [7, 11) is 0. The fourth-order valence-electron chi connectivity index (χ4n) is 4.48. The van der Waals surface area contributed by atoms with Crippen molar-refractivity contribution < 1.29 is 71.2 Å². The Morgan fingerprint density at radius 1 is 1.16 bits per heavy atom. The maximum Gasteiger partial charge on any atom is 1.00 e. The molecule has 2 aliphatic heterocycles. The van der Waals surface area contributed by atoms with Gasteiger partial charge in [0.05, 0.1) is 29.7 Å². The maximum atomic E-state index is 12.5. The van der Waals surface area contributed by atoms with E-state index in [2.05, 4.69) is 0 Å². The van der Waals surface area contributed by atoms with Crippen LogP contribution < -0.4 is 56.5 Å². The minimum Gasteiger partial charge on any atom is -0.543 e. The first-order chi connectivity index (χ1) is 14.4. The van der Waals surface area contributed by atoms with E-state index in [0.29, 0.717) is 12.0 Å². The van der Waals surface area contributed by atoms with Gasteiger partial charge in [-0.25, -0.2) is 0 Å². The van der Waals surface area contributed by atoms with Gasteiger partial charge in [-0.1, -0.05) is 63.2 Å². The molecule has 2 aliphatic rings. The summed E-state index contributed by atoms with van der Waals surface area (Å²) in [6.45, 7) is 7.60. The third kappa shape index (κ3) is 4.75. The van der Waals surface area contributed by atoms with Gasteiger partial charge in [-0.15, -0.1) is 0 Å². The summed E-state index contributed by atoms with van der Waals surface area (Å²) in [5.74, 6) is -2.25. The molecule has 0 spiro atoms. The molecule has 1 saturated heterocycles. The van der Waals surface area contributed by atoms with Crippen molar-refractivity contribution >= 4 is 17.4 Å². The molecule has 0 bridgehead atoms. The number of nitrogens with zero attached hydrogens (tertiary/aromatic N) is 1. The van der Waals surface area contributed by atoms with Crippen molar-refractivity contribution in [3.05, 3.63) is 65.4 Å². The second-order valence-electron chi connectivity index (χ2n) is 7.45. The van der Waals surface area contributed by atoms with E-state index in [0.717, 1.165) is 28.7 Å². The van der Waals surface area contributed by atoms with Crippen molar-refractivity contribution in [2.45, 2.75) is 52.7 Å². The van der Waals surface area contributed by atoms with Crippen molar-refractivity contribution in [3.63, 3.8) is 0 Å². The minimum absolute atomic E-state index is 0. The molecule has 6 heteroatoms. The van der Waals surface area contributed by atoms with Crippen molar-refractivity contribution in [2.75, 3.05) is 0 Å². The molecule has 31 heavy (non-hydrogen) atoms. The average Bonchev–Trinajstić information content (AvgIpc) is 3.10. The van der Waals surface area contributed by atoms with Crippen molar-refractivity contribution in [3.8, 4) is 11.1 Å². The summed E-state index contributed by atoms with van der Waals surface area (Å²) in [4.78, 5) is 25.7. The van der Waals surface area contributed by atoms with E-state index in [1.165, 1.54) is 4.90 Å². The Morgan fingerprint density at radius 2 is 1.81 bits per heavy atom. The molecule has 0 aliphatic carbocycles. The number of carbonyl (C=O) groups excluding carboxylic acids is 2. The van der Waals surface area contributed by atoms with Crippen LogP contribution in [-0.4, -0.2) is 34.0 Å². The number of aliphatic hydroxyl groups is 1. The van der Waals surface area contributed by atoms with Gasteiger partial charge in [0.1, 0.15) is 0 Å². The van der Waals surface area contributed by atoms with Crippen molar-refractivity contribution in [2.24, 2.45) is 5.92 Å². The van der Waals surface area contributed by atoms with E-state index in [4.69, 9.17) is 0 Å². The molecule has 4 rings (SSSR count). The second kappa shape index (κ2) is 11.0. The van der Waals surface area contributed by atoms with Crippen LogP contribution in [0.2, 0.25) is 0 Å². The number of amides is 1. The number of hydrogen-bond acceptors (Lipinski definition) is 4. The molecule has 0 saturated carbocycles. The van der Waals surface area contributed by atoms with E-state index < -0.39 is 18.0 Å². The zero-order valence-electron chi connectivity index (χ0n) is 18.9. The molecule has 5 nitrogen and oxygen atoms in total. The quantitative estimate of drug-likeness (QED) is 0.520. The number of aliphatic carboxylic acids is 1. The first-order valence-electron chi connectivity index (χ1n) is 10.6. The number of aryl methyl sites for hydroxylation is 1. The molecule has 0 aromatic heterocycles. The van der Waals surface area contributed by atoms with E-state index in [-0.39, 0.29) is 69.0 Å². The Bertz CT molecular complexity index is 984. The summed E-state index contributed by atoms with van der Waals surface area (Å²) < 4.78 is 0. The Labute approximate surface area is 226 Å². The molecule has 0 radical (unpaired) electrons. The van der Waals surface area contributed by atoms with E-state index >= 15 is 0 Å². The van der Waals surface area contributed by atoms with Crippen LogP contribution in [-0.2, 0) is 16.0 Å². The van der Waals surface area contributed by atoms with Crippen LogP contribution >= 0.6 is 0 Å². The predicted molar refractivity (Wildman–Crippen MR) is 115 cm³/mol. The Hall–Kier alpha value is -1.28. The number of aliphatic hydroxyl groups excluding tert-OH is 1. The largest absolute Gasteiger partial charge is 1.00 e. The van der Waals surface area contributed by atoms with Crippen LogP contribution in [0.5, 0.6) is 0 Å². The van der Waals surface area contributed by atoms with Gasteiger partial charge in [0.15, 0.2) is 0 Å². The standard InChI is InChI=1S/C23H23NO4.C2H6.K/c1-3-14-9-10-16(15-7-5-4-6-8-15)11-17(14)18-12-19-20(13(2)25)22(26)24(19)21(18)23(27)28;1-2;/h4-11,13,19-20,25H,3,12H2,1-2H3,(H,27,28);1-2H3;/q;;+1/p-1. The number of rotatable bonds is 5. The summed E-state index contributed by atoms with van der Waals surface area (Å²) in [5.41, 5.74) is 4.47. The molecule has 3 unspecified atom stereocenters. The number of benzene rings is 2. The van der Waals surface area contributed by atoms with Crippen LogP contribution in [0.25, 0.3) is 16.7 Å². The number of fused-ring (bicyclic) bond motifs is 1. The first kappa shape index (κ1) is 26.0. The minimum atomic E-state index is -1.35. The predicted octanol–water partition coefficient (Wildman–Crippen LogP) is 0.0187. The van der Waals surface area contributed by atoms with E-state index in [1.54, 1.807) is 6.92 Å². The second-order valence-corrected chi connectivity index (χ2v) is 7.45. The summed E-state index contributed by atoms with van der Waals surface area (Å²) in [5, 5.41) is 21.9. The summed E-state index contributed by atoms with van der Waals surface area (Å²) in [6, 6.07) is 15.6. The van der Waals surface area contributed by atoms with Crippen LogP contribution in [0.4, 0.5) is 0 Å². The number of β-lactam (4-membered cyclic amide) rings is 1. The smallest absolute Gasteiger partial charge is 0.543 e. The number of carboxylic acid groups (broad SMARTS) is 1. The number of carbonyl (C=O) groups is 2. The van der Waals surface area contributed by atoms with Gasteiger partial charge in [-0.2, -0.15) is 0 Å². The molecule has 2 aromatic carbocycles. The topological polar surface area (TPSA) is 80.7 Å².